The number of halogens is 1. The highest BCUT2D eigenvalue weighted by Crippen LogP contribution is 2.14. The molecule has 2 rings (SSSR count). The Morgan fingerprint density at radius 1 is 1.33 bits per heavy atom. The molecule has 0 spiro atoms. The van der Waals surface area contributed by atoms with Gasteiger partial charge < -0.3 is 5.73 Å². The molecule has 0 amide bonds. The Morgan fingerprint density at radius 2 is 2.00 bits per heavy atom. The molecule has 1 heterocycles. The lowest BCUT2D eigenvalue weighted by Crippen LogP contribution is -2.04. The van der Waals surface area contributed by atoms with Crippen LogP contribution in [0.5, 0.6) is 0 Å². The van der Waals surface area contributed by atoms with Crippen LogP contribution in [0.1, 0.15) is 18.7 Å². The standard InChI is InChI=1S/C10H11BrN4/c1-7(12)10-6-15(14-13-10)9-4-2-8(11)3-5-9/h2-7H,12H2,1H3. The zero-order valence-electron chi connectivity index (χ0n) is 8.26. The first-order valence-electron chi connectivity index (χ1n) is 4.60. The Bertz CT molecular complexity index is 447. The van der Waals surface area contributed by atoms with Crippen molar-refractivity contribution in [3.63, 3.8) is 0 Å². The van der Waals surface area contributed by atoms with Crippen LogP contribution in [0.2, 0.25) is 0 Å². The van der Waals surface area contributed by atoms with E-state index in [2.05, 4.69) is 26.2 Å². The molecule has 0 radical (unpaired) electrons. The van der Waals surface area contributed by atoms with Crippen LogP contribution in [0.3, 0.4) is 0 Å². The molecule has 1 aromatic carbocycles. The topological polar surface area (TPSA) is 56.7 Å². The maximum atomic E-state index is 5.71. The van der Waals surface area contributed by atoms with E-state index in [-0.39, 0.29) is 6.04 Å². The van der Waals surface area contributed by atoms with E-state index in [9.17, 15) is 0 Å². The molecular weight excluding hydrogens is 256 g/mol. The van der Waals surface area contributed by atoms with Crippen molar-refractivity contribution < 1.29 is 0 Å². The van der Waals surface area contributed by atoms with Gasteiger partial charge in [-0.3, -0.25) is 0 Å². The van der Waals surface area contributed by atoms with E-state index in [1.165, 1.54) is 0 Å². The van der Waals surface area contributed by atoms with Gasteiger partial charge in [-0.25, -0.2) is 4.68 Å². The molecule has 0 aliphatic carbocycles. The highest BCUT2D eigenvalue weighted by Gasteiger charge is 2.05. The van der Waals surface area contributed by atoms with Crippen LogP contribution in [-0.2, 0) is 0 Å². The second kappa shape index (κ2) is 4.12. The smallest absolute Gasteiger partial charge is 0.0995 e. The minimum atomic E-state index is -0.0887. The fraction of sp³-hybridized carbons (Fsp3) is 0.200. The number of hydrogen-bond acceptors (Lipinski definition) is 3. The minimum Gasteiger partial charge on any atom is -0.323 e. The third-order valence-electron chi connectivity index (χ3n) is 2.07. The summed E-state index contributed by atoms with van der Waals surface area (Å²) in [4.78, 5) is 0. The summed E-state index contributed by atoms with van der Waals surface area (Å²) in [5, 5.41) is 8.00. The van der Waals surface area contributed by atoms with Gasteiger partial charge in [0.25, 0.3) is 0 Å². The van der Waals surface area contributed by atoms with Crippen molar-refractivity contribution >= 4 is 15.9 Å². The number of benzene rings is 1. The minimum absolute atomic E-state index is 0.0887. The van der Waals surface area contributed by atoms with Crippen molar-refractivity contribution in [2.24, 2.45) is 5.73 Å². The van der Waals surface area contributed by atoms with Crippen LogP contribution in [0.25, 0.3) is 5.69 Å². The number of hydrogen-bond donors (Lipinski definition) is 1. The van der Waals surface area contributed by atoms with Gasteiger partial charge in [0.1, 0.15) is 0 Å². The molecule has 5 heteroatoms. The van der Waals surface area contributed by atoms with E-state index in [4.69, 9.17) is 5.73 Å². The van der Waals surface area contributed by atoms with E-state index >= 15 is 0 Å². The highest BCUT2D eigenvalue weighted by molar-refractivity contribution is 9.10. The molecule has 2 N–H and O–H groups in total. The molecule has 1 aromatic heterocycles. The molecule has 0 fully saturated rings. The van der Waals surface area contributed by atoms with Gasteiger partial charge in [-0.2, -0.15) is 0 Å². The molecule has 0 aliphatic rings. The second-order valence-corrected chi connectivity index (χ2v) is 4.27. The Morgan fingerprint density at radius 3 is 2.53 bits per heavy atom. The lowest BCUT2D eigenvalue weighted by Gasteiger charge is -1.99. The predicted molar refractivity (Wildman–Crippen MR) is 61.7 cm³/mol. The SMILES string of the molecule is CC(N)c1cn(-c2ccc(Br)cc2)nn1. The molecular formula is C10H11BrN4. The van der Waals surface area contributed by atoms with Gasteiger partial charge in [0.15, 0.2) is 0 Å². The molecule has 0 saturated carbocycles. The normalized spacial score (nSPS) is 12.7. The monoisotopic (exact) mass is 266 g/mol. The van der Waals surface area contributed by atoms with E-state index in [0.29, 0.717) is 0 Å². The lowest BCUT2D eigenvalue weighted by atomic mass is 10.3. The molecule has 2 aromatic rings. The molecule has 15 heavy (non-hydrogen) atoms. The van der Waals surface area contributed by atoms with Crippen LogP contribution in [-0.4, -0.2) is 15.0 Å². The quantitative estimate of drug-likeness (QED) is 0.905. The summed E-state index contributed by atoms with van der Waals surface area (Å²) >= 11 is 3.38. The fourth-order valence-electron chi connectivity index (χ4n) is 1.21. The second-order valence-electron chi connectivity index (χ2n) is 3.35. The number of rotatable bonds is 2. The van der Waals surface area contributed by atoms with Crippen molar-refractivity contribution in [2.45, 2.75) is 13.0 Å². The van der Waals surface area contributed by atoms with Gasteiger partial charge in [0.05, 0.1) is 17.6 Å². The van der Waals surface area contributed by atoms with E-state index < -0.39 is 0 Å². The number of nitrogens with zero attached hydrogens (tertiary/aromatic N) is 3. The molecule has 1 atom stereocenters. The average molecular weight is 267 g/mol. The molecule has 0 bridgehead atoms. The average Bonchev–Trinajstić information content (AvgIpc) is 2.68. The van der Waals surface area contributed by atoms with Gasteiger partial charge in [-0.1, -0.05) is 21.1 Å². The van der Waals surface area contributed by atoms with Crippen LogP contribution >= 0.6 is 15.9 Å². The van der Waals surface area contributed by atoms with Crippen LogP contribution < -0.4 is 5.73 Å². The molecule has 0 aliphatic heterocycles. The predicted octanol–water partition coefficient (Wildman–Crippen LogP) is 2.05. The third-order valence-corrected chi connectivity index (χ3v) is 2.60. The van der Waals surface area contributed by atoms with Gasteiger partial charge in [-0.05, 0) is 31.2 Å². The fourth-order valence-corrected chi connectivity index (χ4v) is 1.47. The maximum Gasteiger partial charge on any atom is 0.0995 e. The Balaban J connectivity index is 2.33. The number of aromatic nitrogens is 3. The largest absolute Gasteiger partial charge is 0.323 e. The molecule has 0 saturated heterocycles. The van der Waals surface area contributed by atoms with Crippen molar-refractivity contribution in [1.82, 2.24) is 15.0 Å². The van der Waals surface area contributed by atoms with Crippen molar-refractivity contribution in [3.8, 4) is 5.69 Å². The van der Waals surface area contributed by atoms with Crippen molar-refractivity contribution in [1.29, 1.82) is 0 Å². The summed E-state index contributed by atoms with van der Waals surface area (Å²) in [6.07, 6.45) is 1.84. The first-order chi connectivity index (χ1) is 7.16. The summed E-state index contributed by atoms with van der Waals surface area (Å²) < 4.78 is 2.75. The Labute approximate surface area is 96.2 Å². The van der Waals surface area contributed by atoms with Gasteiger partial charge in [0, 0.05) is 10.5 Å². The first kappa shape index (κ1) is 10.3. The summed E-state index contributed by atoms with van der Waals surface area (Å²) in [6, 6.07) is 7.76. The molecule has 4 nitrogen and oxygen atoms in total. The summed E-state index contributed by atoms with van der Waals surface area (Å²) in [5.74, 6) is 0. The highest BCUT2D eigenvalue weighted by atomic mass is 79.9. The molecule has 78 valence electrons. The first-order valence-corrected chi connectivity index (χ1v) is 5.40. The maximum absolute atomic E-state index is 5.71. The zero-order chi connectivity index (χ0) is 10.8. The Hall–Kier alpha value is -1.20. The van der Waals surface area contributed by atoms with E-state index in [1.807, 2.05) is 37.4 Å². The van der Waals surface area contributed by atoms with Crippen molar-refractivity contribution in [3.05, 3.63) is 40.6 Å². The third kappa shape index (κ3) is 2.24. The van der Waals surface area contributed by atoms with Gasteiger partial charge in [-0.15, -0.1) is 5.10 Å². The van der Waals surface area contributed by atoms with Gasteiger partial charge in [0.2, 0.25) is 0 Å². The lowest BCUT2D eigenvalue weighted by molar-refractivity contribution is 0.756. The summed E-state index contributed by atoms with van der Waals surface area (Å²) in [5.41, 5.74) is 7.47. The zero-order valence-corrected chi connectivity index (χ0v) is 9.85. The molecule has 1 unspecified atom stereocenters. The summed E-state index contributed by atoms with van der Waals surface area (Å²) in [6.45, 7) is 1.88. The number of nitrogens with two attached hydrogens (primary N) is 1. The Kier molecular flexibility index (Phi) is 2.83. The van der Waals surface area contributed by atoms with Crippen LogP contribution in [0, 0.1) is 0 Å². The van der Waals surface area contributed by atoms with Gasteiger partial charge >= 0.3 is 0 Å². The summed E-state index contributed by atoms with van der Waals surface area (Å²) in [7, 11) is 0. The van der Waals surface area contributed by atoms with Crippen molar-refractivity contribution in [2.75, 3.05) is 0 Å². The van der Waals surface area contributed by atoms with Crippen LogP contribution in [0.4, 0.5) is 0 Å². The van der Waals surface area contributed by atoms with Crippen LogP contribution in [0.15, 0.2) is 34.9 Å². The van der Waals surface area contributed by atoms with E-state index in [0.717, 1.165) is 15.9 Å². The van der Waals surface area contributed by atoms with E-state index in [1.54, 1.807) is 4.68 Å².